The van der Waals surface area contributed by atoms with Gasteiger partial charge in [0.25, 0.3) is 0 Å². The number of phenols is 1. The van der Waals surface area contributed by atoms with Crippen molar-refractivity contribution in [3.63, 3.8) is 0 Å². The minimum atomic E-state index is -0.339. The van der Waals surface area contributed by atoms with Crippen LogP contribution in [0, 0.1) is 0 Å². The fourth-order valence-corrected chi connectivity index (χ4v) is 1.65. The van der Waals surface area contributed by atoms with Crippen LogP contribution in [-0.2, 0) is 9.53 Å². The lowest BCUT2D eigenvalue weighted by Gasteiger charge is -2.27. The number of likely N-dealkylation sites (N-methyl/N-ethyl adjacent to an activating group) is 1. The fraction of sp³-hybridized carbons (Fsp3) is 0.533. The van der Waals surface area contributed by atoms with Gasteiger partial charge in [-0.2, -0.15) is 0 Å². The first kappa shape index (κ1) is 15.5. The first-order valence-electron chi connectivity index (χ1n) is 6.40. The van der Waals surface area contributed by atoms with E-state index >= 15 is 0 Å². The van der Waals surface area contributed by atoms with E-state index in [1.165, 1.54) is 0 Å². The number of benzene rings is 1. The smallest absolute Gasteiger partial charge is 0.248 e. The maximum Gasteiger partial charge on any atom is 0.248 e. The Morgan fingerprint density at radius 2 is 1.95 bits per heavy atom. The molecule has 1 aromatic rings. The second-order valence-corrected chi connectivity index (χ2v) is 5.64. The number of ether oxygens (including phenoxy) is 1. The number of carbonyl (C=O) groups excluding carboxylic acids is 1. The van der Waals surface area contributed by atoms with Crippen LogP contribution in [0.2, 0.25) is 0 Å². The van der Waals surface area contributed by atoms with Gasteiger partial charge in [-0.05, 0) is 33.8 Å². The Morgan fingerprint density at radius 1 is 1.37 bits per heavy atom. The van der Waals surface area contributed by atoms with Gasteiger partial charge in [0.05, 0.1) is 11.6 Å². The molecule has 1 amide bonds. The molecule has 1 aromatic carbocycles. The number of amides is 1. The summed E-state index contributed by atoms with van der Waals surface area (Å²) in [6.45, 7) is 7.65. The van der Waals surface area contributed by atoms with E-state index in [1.54, 1.807) is 24.1 Å². The highest BCUT2D eigenvalue weighted by atomic mass is 16.5. The quantitative estimate of drug-likeness (QED) is 0.910. The van der Waals surface area contributed by atoms with Gasteiger partial charge in [0.1, 0.15) is 12.4 Å². The Hall–Kier alpha value is -1.55. The van der Waals surface area contributed by atoms with Crippen molar-refractivity contribution < 1.29 is 14.6 Å². The second kappa shape index (κ2) is 6.06. The van der Waals surface area contributed by atoms with E-state index in [4.69, 9.17) is 4.74 Å². The van der Waals surface area contributed by atoms with Gasteiger partial charge in [-0.3, -0.25) is 4.79 Å². The van der Waals surface area contributed by atoms with Crippen molar-refractivity contribution in [1.82, 2.24) is 4.90 Å². The number of carbonyl (C=O) groups is 1. The molecule has 4 heteroatoms. The molecule has 0 aromatic heterocycles. The summed E-state index contributed by atoms with van der Waals surface area (Å²) in [6, 6.07) is 6.84. The van der Waals surface area contributed by atoms with Crippen LogP contribution in [0.3, 0.4) is 0 Å². The van der Waals surface area contributed by atoms with Gasteiger partial charge >= 0.3 is 0 Å². The van der Waals surface area contributed by atoms with Crippen molar-refractivity contribution in [3.05, 3.63) is 29.8 Å². The van der Waals surface area contributed by atoms with Crippen molar-refractivity contribution in [3.8, 4) is 5.75 Å². The number of nitrogens with zero attached hydrogens (tertiary/aromatic N) is 1. The molecule has 0 saturated heterocycles. The van der Waals surface area contributed by atoms with Gasteiger partial charge in [0, 0.05) is 12.6 Å². The number of para-hydroxylation sites is 1. The van der Waals surface area contributed by atoms with Crippen LogP contribution in [-0.4, -0.2) is 35.2 Å². The van der Waals surface area contributed by atoms with E-state index < -0.39 is 0 Å². The Balaban J connectivity index is 2.69. The molecule has 106 valence electrons. The monoisotopic (exact) mass is 265 g/mol. The summed E-state index contributed by atoms with van der Waals surface area (Å²) in [4.78, 5) is 13.6. The van der Waals surface area contributed by atoms with Crippen LogP contribution in [0.15, 0.2) is 24.3 Å². The molecule has 1 N–H and O–H groups in total. The average molecular weight is 265 g/mol. The number of phenolic OH excluding ortho intramolecular Hbond substituents is 1. The molecule has 0 bridgehead atoms. The number of hydrogen-bond donors (Lipinski definition) is 1. The molecule has 19 heavy (non-hydrogen) atoms. The van der Waals surface area contributed by atoms with Crippen molar-refractivity contribution in [2.24, 2.45) is 0 Å². The van der Waals surface area contributed by atoms with Crippen LogP contribution in [0.4, 0.5) is 0 Å². The predicted octanol–water partition coefficient (Wildman–Crippen LogP) is 2.73. The molecular formula is C15H23NO3. The van der Waals surface area contributed by atoms with Crippen molar-refractivity contribution in [2.75, 3.05) is 13.7 Å². The second-order valence-electron chi connectivity index (χ2n) is 5.64. The van der Waals surface area contributed by atoms with Crippen molar-refractivity contribution >= 4 is 5.91 Å². The predicted molar refractivity (Wildman–Crippen MR) is 75.0 cm³/mol. The zero-order valence-corrected chi connectivity index (χ0v) is 12.3. The molecule has 1 atom stereocenters. The highest BCUT2D eigenvalue weighted by Gasteiger charge is 2.21. The van der Waals surface area contributed by atoms with Gasteiger partial charge in [0.2, 0.25) is 5.91 Å². The molecule has 0 aliphatic carbocycles. The molecule has 0 fully saturated rings. The molecular weight excluding hydrogens is 242 g/mol. The lowest BCUT2D eigenvalue weighted by Crippen LogP contribution is -2.35. The summed E-state index contributed by atoms with van der Waals surface area (Å²) in [5.74, 6) is 0.0945. The third-order valence-electron chi connectivity index (χ3n) is 2.99. The van der Waals surface area contributed by atoms with E-state index in [0.717, 1.165) is 5.56 Å². The van der Waals surface area contributed by atoms with E-state index in [9.17, 15) is 9.90 Å². The van der Waals surface area contributed by atoms with Gasteiger partial charge < -0.3 is 14.7 Å². The molecule has 0 heterocycles. The zero-order chi connectivity index (χ0) is 14.6. The largest absolute Gasteiger partial charge is 0.508 e. The number of hydrogen-bond acceptors (Lipinski definition) is 3. The summed E-state index contributed by atoms with van der Waals surface area (Å²) in [5, 5.41) is 9.80. The molecule has 0 aliphatic heterocycles. The minimum Gasteiger partial charge on any atom is -0.508 e. The molecule has 0 spiro atoms. The molecule has 4 nitrogen and oxygen atoms in total. The Labute approximate surface area is 115 Å². The summed E-state index contributed by atoms with van der Waals surface area (Å²) >= 11 is 0. The topological polar surface area (TPSA) is 49.8 Å². The lowest BCUT2D eigenvalue weighted by molar-refractivity contribution is -0.141. The van der Waals surface area contributed by atoms with E-state index in [2.05, 4.69) is 0 Å². The molecule has 0 saturated carbocycles. The van der Waals surface area contributed by atoms with E-state index in [0.29, 0.717) is 0 Å². The van der Waals surface area contributed by atoms with Gasteiger partial charge in [0.15, 0.2) is 0 Å². The summed E-state index contributed by atoms with van der Waals surface area (Å²) in [5.41, 5.74) is 0.392. The van der Waals surface area contributed by atoms with Crippen LogP contribution >= 0.6 is 0 Å². The summed E-state index contributed by atoms with van der Waals surface area (Å²) in [7, 11) is 1.71. The van der Waals surface area contributed by atoms with E-state index in [-0.39, 0.29) is 29.9 Å². The minimum absolute atomic E-state index is 0.0396. The highest BCUT2D eigenvalue weighted by Crippen LogP contribution is 2.27. The maximum atomic E-state index is 12.0. The Bertz CT molecular complexity index is 437. The third-order valence-corrected chi connectivity index (χ3v) is 2.99. The molecule has 0 aliphatic rings. The first-order valence-corrected chi connectivity index (χ1v) is 6.40. The van der Waals surface area contributed by atoms with Gasteiger partial charge in [-0.15, -0.1) is 0 Å². The zero-order valence-electron chi connectivity index (χ0n) is 12.3. The van der Waals surface area contributed by atoms with Crippen LogP contribution in [0.25, 0.3) is 0 Å². The fourth-order valence-electron chi connectivity index (χ4n) is 1.65. The normalized spacial score (nSPS) is 13.1. The first-order chi connectivity index (χ1) is 8.72. The molecule has 0 radical (unpaired) electrons. The maximum absolute atomic E-state index is 12.0. The number of aromatic hydroxyl groups is 1. The standard InChI is InChI=1S/C15H23NO3/c1-11(12-8-6-7-9-13(12)17)16(5)14(18)10-19-15(2,3)4/h6-9,11,17H,10H2,1-5H3. The van der Waals surface area contributed by atoms with Crippen LogP contribution in [0.5, 0.6) is 5.75 Å². The third kappa shape index (κ3) is 4.56. The summed E-state index contributed by atoms with van der Waals surface area (Å²) in [6.07, 6.45) is 0. The average Bonchev–Trinajstić information content (AvgIpc) is 2.34. The Morgan fingerprint density at radius 3 is 2.47 bits per heavy atom. The summed E-state index contributed by atoms with van der Waals surface area (Å²) < 4.78 is 5.47. The van der Waals surface area contributed by atoms with Gasteiger partial charge in [-0.1, -0.05) is 18.2 Å². The van der Waals surface area contributed by atoms with E-state index in [1.807, 2.05) is 39.8 Å². The van der Waals surface area contributed by atoms with Crippen LogP contribution < -0.4 is 0 Å². The molecule has 1 unspecified atom stereocenters. The van der Waals surface area contributed by atoms with Crippen LogP contribution in [0.1, 0.15) is 39.3 Å². The SMILES string of the molecule is CC(c1ccccc1O)N(C)C(=O)COC(C)(C)C. The van der Waals surface area contributed by atoms with Gasteiger partial charge in [-0.25, -0.2) is 0 Å². The van der Waals surface area contributed by atoms with Crippen molar-refractivity contribution in [2.45, 2.75) is 39.3 Å². The Kier molecular flexibility index (Phi) is 4.95. The van der Waals surface area contributed by atoms with Crippen molar-refractivity contribution in [1.29, 1.82) is 0 Å². The molecule has 1 rings (SSSR count). The number of rotatable bonds is 4. The lowest BCUT2D eigenvalue weighted by atomic mass is 10.1. The highest BCUT2D eigenvalue weighted by molar-refractivity contribution is 5.77.